The Balaban J connectivity index is 0.00000144. The summed E-state index contributed by atoms with van der Waals surface area (Å²) in [4.78, 5) is 3.71. The molecule has 0 atom stereocenters. The maximum absolute atomic E-state index is 10.3. The monoisotopic (exact) mass is 212 g/mol. The third kappa shape index (κ3) is 5.22. The second-order valence-electron chi connectivity index (χ2n) is 2.30. The standard InChI is InChI=1S/C6H8N2O3S.Na.H/c1-5-2-3-6(7-4-5)8-12(9,10)11;;/h2-4H,1H3,(H,7,8)(H,9,10,11);;. The molecule has 0 saturated heterocycles. The number of hydrogen-bond acceptors (Lipinski definition) is 3. The van der Waals surface area contributed by atoms with E-state index in [1.54, 1.807) is 6.07 Å². The van der Waals surface area contributed by atoms with Crippen LogP contribution < -0.4 is 4.72 Å². The molecule has 2 N–H and O–H groups in total. The van der Waals surface area contributed by atoms with Gasteiger partial charge in [-0.25, -0.2) is 9.71 Å². The van der Waals surface area contributed by atoms with E-state index in [-0.39, 0.29) is 35.4 Å². The van der Waals surface area contributed by atoms with Gasteiger partial charge in [0.05, 0.1) is 0 Å². The molecule has 0 aliphatic heterocycles. The van der Waals surface area contributed by atoms with Gasteiger partial charge < -0.3 is 0 Å². The topological polar surface area (TPSA) is 79.3 Å². The number of nitrogens with zero attached hydrogens (tertiary/aromatic N) is 1. The van der Waals surface area contributed by atoms with Crippen LogP contribution in [-0.2, 0) is 10.3 Å². The van der Waals surface area contributed by atoms with Gasteiger partial charge in [-0.1, -0.05) is 6.07 Å². The van der Waals surface area contributed by atoms with Gasteiger partial charge in [0.1, 0.15) is 5.82 Å². The molecule has 0 aliphatic rings. The van der Waals surface area contributed by atoms with E-state index in [2.05, 4.69) is 4.98 Å². The molecule has 1 aromatic heterocycles. The number of hydrogen-bond donors (Lipinski definition) is 2. The van der Waals surface area contributed by atoms with Crippen molar-refractivity contribution in [3.05, 3.63) is 23.9 Å². The molecule has 0 radical (unpaired) electrons. The van der Waals surface area contributed by atoms with Crippen molar-refractivity contribution in [1.29, 1.82) is 0 Å². The van der Waals surface area contributed by atoms with Gasteiger partial charge >= 0.3 is 39.9 Å². The van der Waals surface area contributed by atoms with Gasteiger partial charge in [0.2, 0.25) is 0 Å². The molecule has 5 nitrogen and oxygen atoms in total. The first kappa shape index (κ1) is 12.9. The van der Waals surface area contributed by atoms with Crippen molar-refractivity contribution in [2.75, 3.05) is 4.72 Å². The number of aryl methyl sites for hydroxylation is 1. The minimum absolute atomic E-state index is 0. The SMILES string of the molecule is Cc1ccc(NS(=O)(=O)O)nc1.[NaH]. The predicted molar refractivity (Wildman–Crippen MR) is 51.3 cm³/mol. The molecule has 68 valence electrons. The molecule has 13 heavy (non-hydrogen) atoms. The van der Waals surface area contributed by atoms with Gasteiger partial charge in [-0.05, 0) is 18.6 Å². The van der Waals surface area contributed by atoms with Gasteiger partial charge in [0, 0.05) is 6.20 Å². The molecule has 1 aromatic rings. The summed E-state index contributed by atoms with van der Waals surface area (Å²) < 4.78 is 30.8. The van der Waals surface area contributed by atoms with Crippen molar-refractivity contribution in [3.63, 3.8) is 0 Å². The fourth-order valence-electron chi connectivity index (χ4n) is 0.660. The van der Waals surface area contributed by atoms with E-state index in [1.165, 1.54) is 12.3 Å². The number of aromatic nitrogens is 1. The van der Waals surface area contributed by atoms with Crippen LogP contribution >= 0.6 is 0 Å². The molecule has 1 rings (SSSR count). The average Bonchev–Trinajstić information content (AvgIpc) is 1.91. The number of nitrogens with one attached hydrogen (secondary N) is 1. The van der Waals surface area contributed by atoms with Crippen LogP contribution in [-0.4, -0.2) is 47.5 Å². The van der Waals surface area contributed by atoms with Gasteiger partial charge in [-0.3, -0.25) is 4.55 Å². The van der Waals surface area contributed by atoms with E-state index in [1.807, 2.05) is 11.6 Å². The fourth-order valence-corrected chi connectivity index (χ4v) is 1.05. The zero-order valence-corrected chi connectivity index (χ0v) is 7.17. The Kier molecular flexibility index (Phi) is 4.87. The first-order valence-corrected chi connectivity index (χ1v) is 4.59. The molecule has 0 amide bonds. The molecule has 0 spiro atoms. The van der Waals surface area contributed by atoms with E-state index in [0.717, 1.165) is 5.56 Å². The van der Waals surface area contributed by atoms with E-state index in [0.29, 0.717) is 0 Å². The van der Waals surface area contributed by atoms with Crippen LogP contribution in [0.4, 0.5) is 5.82 Å². The molecule has 0 unspecified atom stereocenters. The summed E-state index contributed by atoms with van der Waals surface area (Å²) >= 11 is 0. The summed E-state index contributed by atoms with van der Waals surface area (Å²) in [6.45, 7) is 1.82. The third-order valence-corrected chi connectivity index (χ3v) is 1.61. The maximum atomic E-state index is 10.3. The van der Waals surface area contributed by atoms with Crippen LogP contribution in [0.5, 0.6) is 0 Å². The van der Waals surface area contributed by atoms with Crippen LogP contribution in [0.2, 0.25) is 0 Å². The zero-order chi connectivity index (χ0) is 9.19. The van der Waals surface area contributed by atoms with Gasteiger partial charge in [-0.2, -0.15) is 8.42 Å². The fraction of sp³-hybridized carbons (Fsp3) is 0.167. The molecular formula is C6H9N2NaO3S. The molecule has 0 fully saturated rings. The quantitative estimate of drug-likeness (QED) is 0.532. The van der Waals surface area contributed by atoms with E-state index in [4.69, 9.17) is 4.55 Å². The zero-order valence-electron chi connectivity index (χ0n) is 6.35. The molecule has 1 heterocycles. The Morgan fingerprint density at radius 3 is 2.46 bits per heavy atom. The summed E-state index contributed by atoms with van der Waals surface area (Å²) in [5.74, 6) is 0.100. The summed E-state index contributed by atoms with van der Waals surface area (Å²) in [6, 6.07) is 3.14. The van der Waals surface area contributed by atoms with Gasteiger partial charge in [0.15, 0.2) is 0 Å². The number of pyridine rings is 1. The van der Waals surface area contributed by atoms with Crippen LogP contribution in [0.15, 0.2) is 18.3 Å². The Morgan fingerprint density at radius 1 is 1.46 bits per heavy atom. The van der Waals surface area contributed by atoms with Crippen LogP contribution in [0, 0.1) is 6.92 Å². The molecule has 0 aliphatic carbocycles. The van der Waals surface area contributed by atoms with Gasteiger partial charge in [0.25, 0.3) is 0 Å². The van der Waals surface area contributed by atoms with Crippen molar-refractivity contribution in [2.24, 2.45) is 0 Å². The summed E-state index contributed by atoms with van der Waals surface area (Å²) in [5, 5.41) is 0. The second-order valence-corrected chi connectivity index (χ2v) is 3.45. The van der Waals surface area contributed by atoms with Crippen LogP contribution in [0.3, 0.4) is 0 Å². The Hall–Kier alpha value is -0.140. The Labute approximate surface area is 98.7 Å². The summed E-state index contributed by atoms with van der Waals surface area (Å²) in [7, 11) is -4.20. The Morgan fingerprint density at radius 2 is 2.08 bits per heavy atom. The average molecular weight is 212 g/mol. The van der Waals surface area contributed by atoms with Crippen LogP contribution in [0.1, 0.15) is 5.56 Å². The summed E-state index contributed by atoms with van der Waals surface area (Å²) in [5.41, 5.74) is 0.913. The first-order chi connectivity index (χ1) is 5.47. The van der Waals surface area contributed by atoms with E-state index in [9.17, 15) is 8.42 Å². The van der Waals surface area contributed by atoms with Crippen molar-refractivity contribution >= 4 is 45.7 Å². The third-order valence-electron chi connectivity index (χ3n) is 1.14. The number of rotatable bonds is 2. The van der Waals surface area contributed by atoms with Crippen LogP contribution in [0.25, 0.3) is 0 Å². The van der Waals surface area contributed by atoms with Crippen molar-refractivity contribution < 1.29 is 13.0 Å². The molecule has 0 bridgehead atoms. The molecule has 0 saturated carbocycles. The van der Waals surface area contributed by atoms with E-state index >= 15 is 0 Å². The minimum atomic E-state index is -4.20. The molecule has 0 aromatic carbocycles. The van der Waals surface area contributed by atoms with E-state index < -0.39 is 10.3 Å². The first-order valence-electron chi connectivity index (χ1n) is 3.15. The normalized spacial score (nSPS) is 10.3. The predicted octanol–water partition coefficient (Wildman–Crippen LogP) is -0.0438. The molecule has 7 heteroatoms. The summed E-state index contributed by atoms with van der Waals surface area (Å²) in [6.07, 6.45) is 1.49. The Bertz CT molecular complexity index is 362. The van der Waals surface area contributed by atoms with Crippen molar-refractivity contribution in [2.45, 2.75) is 6.92 Å². The molecular weight excluding hydrogens is 203 g/mol. The van der Waals surface area contributed by atoms with Gasteiger partial charge in [-0.15, -0.1) is 0 Å². The number of anilines is 1. The second kappa shape index (κ2) is 4.92. The van der Waals surface area contributed by atoms with Crippen molar-refractivity contribution in [3.8, 4) is 0 Å². The van der Waals surface area contributed by atoms with Crippen molar-refractivity contribution in [1.82, 2.24) is 4.98 Å².